The normalized spacial score (nSPS) is 21.5. The lowest BCUT2D eigenvalue weighted by atomic mass is 9.70. The van der Waals surface area contributed by atoms with Crippen molar-refractivity contribution in [2.75, 3.05) is 4.90 Å². The van der Waals surface area contributed by atoms with E-state index in [-0.39, 0.29) is 11.3 Å². The highest BCUT2D eigenvalue weighted by molar-refractivity contribution is 7.27. The number of anilines is 3. The summed E-state index contributed by atoms with van der Waals surface area (Å²) in [5.74, 6) is 0. The molecule has 312 valence electrons. The molecule has 0 saturated heterocycles. The molecule has 1 aromatic heterocycles. The van der Waals surface area contributed by atoms with Gasteiger partial charge in [0.25, 0.3) is 0 Å². The molecular formula is C65H41NS. The molecule has 1 nitrogen and oxygen atoms in total. The third kappa shape index (κ3) is 5.54. The Morgan fingerprint density at radius 3 is 1.52 bits per heavy atom. The van der Waals surface area contributed by atoms with Crippen molar-refractivity contribution in [3.05, 3.63) is 270 Å². The van der Waals surface area contributed by atoms with Crippen molar-refractivity contribution < 1.29 is 56.2 Å². The SMILES string of the molecule is [2H]c1c([2H])c([2H])c(-c2c([2H])c([2H])c(N(c3c([2H])c([2H])c4c(c3[2H])C3(c5c([2H])c([2H])c([2H])c([2H])c5-c5c([2H])c([2H])c([2H])c([2H])c53)c3c([2H])c([2H])c([2H])c([2H])c3-4)c3c([2H])c([2H])c([2H])c4c3sc3c(-c5c([2H])c([2H])c([2H])c([2H])c5[2H])c([2H])c5c([2H])c([2H])c([2H])c([2H])c5c34)c(-c3c([2H])c([2H])c([2H])c([2H])c3[2H])c2[2H])c([2H])c1[2H]. The van der Waals surface area contributed by atoms with Crippen LogP contribution in [0.15, 0.2) is 248 Å². The molecule has 0 unspecified atom stereocenters. The molecule has 12 aromatic rings. The van der Waals surface area contributed by atoms with Gasteiger partial charge in [-0.25, -0.2) is 0 Å². The van der Waals surface area contributed by atoms with Crippen molar-refractivity contribution in [2.45, 2.75) is 5.41 Å². The van der Waals surface area contributed by atoms with Crippen LogP contribution in [0.4, 0.5) is 17.1 Å². The molecule has 0 radical (unpaired) electrons. The predicted octanol–water partition coefficient (Wildman–Crippen LogP) is 18.0. The Morgan fingerprint density at radius 2 is 0.866 bits per heavy atom. The molecular weight excluding hydrogens is 827 g/mol. The molecule has 0 bridgehead atoms. The van der Waals surface area contributed by atoms with E-state index >= 15 is 0 Å². The Kier molecular flexibility index (Phi) is 3.41. The molecule has 0 aliphatic heterocycles. The van der Waals surface area contributed by atoms with Crippen LogP contribution in [0.5, 0.6) is 0 Å². The number of fused-ring (bicyclic) bond motifs is 15. The van der Waals surface area contributed by atoms with Crippen LogP contribution < -0.4 is 4.90 Å². The van der Waals surface area contributed by atoms with E-state index in [1.165, 1.54) is 0 Å². The van der Waals surface area contributed by atoms with Gasteiger partial charge < -0.3 is 4.90 Å². The largest absolute Gasteiger partial charge is 0.308 e. The van der Waals surface area contributed by atoms with Crippen molar-refractivity contribution in [3.8, 4) is 55.6 Å². The highest BCUT2D eigenvalue weighted by Gasteiger charge is 2.51. The Morgan fingerprint density at radius 1 is 0.328 bits per heavy atom. The van der Waals surface area contributed by atoms with Gasteiger partial charge in [-0.15, -0.1) is 11.3 Å². The summed E-state index contributed by atoms with van der Waals surface area (Å²) in [5, 5.41) is -2.89. The van der Waals surface area contributed by atoms with Crippen LogP contribution in [0, 0.1) is 0 Å². The van der Waals surface area contributed by atoms with Gasteiger partial charge in [-0.2, -0.15) is 0 Å². The van der Waals surface area contributed by atoms with Crippen LogP contribution in [0.2, 0.25) is 0 Å². The first-order chi connectivity index (χ1) is 50.3. The lowest BCUT2D eigenvalue weighted by Gasteiger charge is -2.33. The van der Waals surface area contributed by atoms with Crippen LogP contribution in [-0.4, -0.2) is 0 Å². The molecule has 2 aliphatic carbocycles. The summed E-state index contributed by atoms with van der Waals surface area (Å²) in [6, 6.07) is -47.7. The molecule has 0 N–H and O–H groups in total. The summed E-state index contributed by atoms with van der Waals surface area (Å²) in [6.07, 6.45) is 0. The summed E-state index contributed by atoms with van der Waals surface area (Å²) < 4.78 is 387. The van der Waals surface area contributed by atoms with E-state index in [0.29, 0.717) is 4.90 Å². The first-order valence-electron chi connectivity index (χ1n) is 40.3. The number of hydrogen-bond donors (Lipinski definition) is 0. The molecule has 0 fully saturated rings. The minimum absolute atomic E-state index is 0.215. The molecule has 0 amide bonds. The molecule has 14 rings (SSSR count). The van der Waals surface area contributed by atoms with Gasteiger partial charge in [0.15, 0.2) is 0 Å². The van der Waals surface area contributed by atoms with Crippen LogP contribution in [0.3, 0.4) is 0 Å². The minimum atomic E-state index is -3.24. The molecule has 11 aromatic carbocycles. The Balaban J connectivity index is 1.34. The fourth-order valence-corrected chi connectivity index (χ4v) is 10.1. The number of thiophene rings is 1. The fourth-order valence-electron chi connectivity index (χ4n) is 8.85. The van der Waals surface area contributed by atoms with E-state index in [9.17, 15) is 37.0 Å². The summed E-state index contributed by atoms with van der Waals surface area (Å²) in [6.45, 7) is 0. The van der Waals surface area contributed by atoms with Crippen LogP contribution in [0.25, 0.3) is 86.6 Å². The quantitative estimate of drug-likeness (QED) is 0.161. The van der Waals surface area contributed by atoms with Gasteiger partial charge in [0.1, 0.15) is 0 Å². The third-order valence-corrected chi connectivity index (χ3v) is 12.7. The molecule has 0 atom stereocenters. The second-order valence-electron chi connectivity index (χ2n) is 14.8. The lowest BCUT2D eigenvalue weighted by Crippen LogP contribution is -2.26. The van der Waals surface area contributed by atoms with Gasteiger partial charge in [0.2, 0.25) is 0 Å². The molecule has 0 saturated carbocycles. The standard InChI is InChI=1S/C65H41NS/c1-4-19-42(20-5-1)45-35-38-60(54(39-45)43-21-6-2-7-22-43)66(61-34-18-30-53-62-48-26-11-10-25-46(48)40-55(64(62)67-63(53)61)44-23-8-3-9-24-44)47-36-37-52-51-29-14-17-33-58(51)65(59(52)41-47)56-31-15-12-27-49(56)50-28-13-16-32-57(50)65/h1-41H/i1D,2D,3D,4D,5D,6D,7D,8D,9D,10D,11D,12D,13D,14D,15D,16D,17D,18D,19D,20D,21D,22D,23D,24D,25D,26D,27D,28D,29D,30D,31D,32D,33D,34D,35D,36D,37D,38D,39D,40D,41D. The highest BCUT2D eigenvalue weighted by Crippen LogP contribution is 2.63. The number of rotatable bonds is 6. The van der Waals surface area contributed by atoms with Crippen molar-refractivity contribution in [2.24, 2.45) is 0 Å². The molecule has 67 heavy (non-hydrogen) atoms. The van der Waals surface area contributed by atoms with E-state index in [1.807, 2.05) is 0 Å². The molecule has 2 aliphatic rings. The van der Waals surface area contributed by atoms with E-state index in [1.54, 1.807) is 0 Å². The zero-order valence-corrected chi connectivity index (χ0v) is 34.2. The second-order valence-corrected chi connectivity index (χ2v) is 15.8. The van der Waals surface area contributed by atoms with E-state index in [2.05, 4.69) is 0 Å². The summed E-state index contributed by atoms with van der Waals surface area (Å²) in [4.78, 5) is 0.341. The minimum Gasteiger partial charge on any atom is -0.308 e. The van der Waals surface area contributed by atoms with Gasteiger partial charge in [-0.05, 0) is 114 Å². The first kappa shape index (κ1) is 15.4. The maximum atomic E-state index is 11.2. The second kappa shape index (κ2) is 14.9. The maximum absolute atomic E-state index is 11.2. The van der Waals surface area contributed by atoms with Crippen molar-refractivity contribution >= 4 is 59.3 Å². The van der Waals surface area contributed by atoms with Crippen LogP contribution in [-0.2, 0) is 5.41 Å². The van der Waals surface area contributed by atoms with Gasteiger partial charge in [0.05, 0.1) is 77.7 Å². The number of nitrogens with zero attached hydrogens (tertiary/aromatic N) is 1. The van der Waals surface area contributed by atoms with Gasteiger partial charge in [-0.3, -0.25) is 0 Å². The maximum Gasteiger partial charge on any atom is 0.0726 e. The average molecular weight is 909 g/mol. The van der Waals surface area contributed by atoms with Crippen LogP contribution in [0.1, 0.15) is 78.5 Å². The number of benzene rings is 11. The van der Waals surface area contributed by atoms with E-state index in [4.69, 9.17) is 19.2 Å². The Hall–Kier alpha value is -8.30. The number of hydrogen-bond acceptors (Lipinski definition) is 2. The molecule has 2 heteroatoms. The van der Waals surface area contributed by atoms with Crippen LogP contribution >= 0.6 is 11.3 Å². The highest BCUT2D eigenvalue weighted by atomic mass is 32.1. The van der Waals surface area contributed by atoms with Gasteiger partial charge in [0, 0.05) is 32.3 Å². The first-order valence-corrected chi connectivity index (χ1v) is 20.6. The van der Waals surface area contributed by atoms with E-state index in [0.717, 1.165) is 0 Å². The smallest absolute Gasteiger partial charge is 0.0726 e. The van der Waals surface area contributed by atoms with Crippen molar-refractivity contribution in [3.63, 3.8) is 0 Å². The van der Waals surface area contributed by atoms with Gasteiger partial charge in [-0.1, -0.05) is 211 Å². The van der Waals surface area contributed by atoms with E-state index < -0.39 is 379 Å². The summed E-state index contributed by atoms with van der Waals surface area (Å²) in [5.41, 5.74) is -20.5. The zero-order chi connectivity index (χ0) is 79.7. The van der Waals surface area contributed by atoms with Crippen molar-refractivity contribution in [1.82, 2.24) is 0 Å². The Labute approximate surface area is 451 Å². The summed E-state index contributed by atoms with van der Waals surface area (Å²) in [7, 11) is 0. The monoisotopic (exact) mass is 909 g/mol. The topological polar surface area (TPSA) is 3.24 Å². The zero-order valence-electron chi connectivity index (χ0n) is 74.4. The third-order valence-electron chi connectivity index (χ3n) is 11.5. The average Bonchev–Trinajstić information content (AvgIpc) is 1.47. The molecule has 1 spiro atoms. The summed E-state index contributed by atoms with van der Waals surface area (Å²) >= 11 is 0.215. The fraction of sp³-hybridized carbons (Fsp3) is 0.0154. The Bertz CT molecular complexity index is 6210. The lowest BCUT2D eigenvalue weighted by molar-refractivity contribution is 0.793. The van der Waals surface area contributed by atoms with Crippen molar-refractivity contribution in [1.29, 1.82) is 0 Å². The van der Waals surface area contributed by atoms with Gasteiger partial charge >= 0.3 is 0 Å². The predicted molar refractivity (Wildman–Crippen MR) is 284 cm³/mol. The molecule has 1 heterocycles.